The fraction of sp³-hybridized carbons (Fsp3) is 0.600. The summed E-state index contributed by atoms with van der Waals surface area (Å²) in [6, 6.07) is 7.80. The Morgan fingerprint density at radius 2 is 2.05 bits per heavy atom. The summed E-state index contributed by atoms with van der Waals surface area (Å²) >= 11 is 0. The van der Waals surface area contributed by atoms with Gasteiger partial charge in [-0.2, -0.15) is 0 Å². The van der Waals surface area contributed by atoms with Crippen LogP contribution in [0, 0.1) is 0 Å². The number of aliphatic hydroxyl groups excluding tert-OH is 1. The van der Waals surface area contributed by atoms with E-state index < -0.39 is 6.10 Å². The number of nitrogen functional groups attached to an aromatic ring is 1. The van der Waals surface area contributed by atoms with Gasteiger partial charge in [0.25, 0.3) is 0 Å². The van der Waals surface area contributed by atoms with Crippen molar-refractivity contribution in [1.82, 2.24) is 4.90 Å². The van der Waals surface area contributed by atoms with E-state index in [1.165, 1.54) is 0 Å². The third-order valence-corrected chi connectivity index (χ3v) is 3.31. The largest absolute Gasteiger partial charge is 0.489 e. The van der Waals surface area contributed by atoms with Gasteiger partial charge in [0.15, 0.2) is 0 Å². The topological polar surface area (TPSA) is 58.7 Å². The quantitative estimate of drug-likeness (QED) is 0.708. The summed E-state index contributed by atoms with van der Waals surface area (Å²) in [4.78, 5) is 2.16. The normalized spacial score (nSPS) is 14.4. The van der Waals surface area contributed by atoms with Crippen LogP contribution in [0.4, 0.5) is 5.69 Å². The molecule has 0 spiro atoms. The number of hydrogen-bond donors (Lipinski definition) is 2. The number of aliphatic hydroxyl groups is 1. The molecule has 0 aliphatic carbocycles. The lowest BCUT2D eigenvalue weighted by molar-refractivity contribution is 0.0644. The SMILES string of the molecule is CCCC(C)N(C)CC(O)COc1ccccc1N. The summed E-state index contributed by atoms with van der Waals surface area (Å²) in [7, 11) is 2.03. The van der Waals surface area contributed by atoms with Crippen LogP contribution in [0.25, 0.3) is 0 Å². The van der Waals surface area contributed by atoms with Gasteiger partial charge in [-0.25, -0.2) is 0 Å². The molecule has 0 saturated carbocycles. The second-order valence-electron chi connectivity index (χ2n) is 5.08. The van der Waals surface area contributed by atoms with Crippen molar-refractivity contribution in [2.75, 3.05) is 25.9 Å². The lowest BCUT2D eigenvalue weighted by atomic mass is 10.1. The van der Waals surface area contributed by atoms with Crippen LogP contribution in [0.1, 0.15) is 26.7 Å². The van der Waals surface area contributed by atoms with E-state index in [2.05, 4.69) is 18.7 Å². The highest BCUT2D eigenvalue weighted by Crippen LogP contribution is 2.19. The first-order valence-corrected chi connectivity index (χ1v) is 6.90. The molecule has 1 rings (SSSR count). The molecule has 0 heterocycles. The maximum Gasteiger partial charge on any atom is 0.142 e. The van der Waals surface area contributed by atoms with Crippen LogP contribution in [0.15, 0.2) is 24.3 Å². The first-order chi connectivity index (χ1) is 9.04. The van der Waals surface area contributed by atoms with Crippen LogP contribution in [0.5, 0.6) is 5.75 Å². The number of ether oxygens (including phenoxy) is 1. The fourth-order valence-electron chi connectivity index (χ4n) is 2.00. The third-order valence-electron chi connectivity index (χ3n) is 3.31. The minimum atomic E-state index is -0.510. The molecule has 0 bridgehead atoms. The van der Waals surface area contributed by atoms with Crippen LogP contribution >= 0.6 is 0 Å². The summed E-state index contributed by atoms with van der Waals surface area (Å²) in [6.45, 7) is 5.21. The Morgan fingerprint density at radius 1 is 1.37 bits per heavy atom. The second-order valence-corrected chi connectivity index (χ2v) is 5.08. The summed E-state index contributed by atoms with van der Waals surface area (Å²) in [5, 5.41) is 9.98. The Kier molecular flexibility index (Phi) is 6.67. The monoisotopic (exact) mass is 266 g/mol. The number of para-hydroxylation sites is 2. The predicted molar refractivity (Wildman–Crippen MR) is 79.4 cm³/mol. The molecular formula is C15H26N2O2. The van der Waals surface area contributed by atoms with E-state index >= 15 is 0 Å². The zero-order chi connectivity index (χ0) is 14.3. The maximum atomic E-state index is 9.98. The molecule has 0 fully saturated rings. The van der Waals surface area contributed by atoms with Crippen molar-refractivity contribution in [2.45, 2.75) is 38.8 Å². The zero-order valence-electron chi connectivity index (χ0n) is 12.2. The zero-order valence-corrected chi connectivity index (χ0v) is 12.2. The van der Waals surface area contributed by atoms with Gasteiger partial charge in [0, 0.05) is 12.6 Å². The lowest BCUT2D eigenvalue weighted by Crippen LogP contribution is -2.38. The van der Waals surface area contributed by atoms with Crippen LogP contribution in [-0.2, 0) is 0 Å². The lowest BCUT2D eigenvalue weighted by Gasteiger charge is -2.26. The molecule has 0 aliphatic heterocycles. The molecule has 0 aromatic heterocycles. The molecule has 2 atom stereocenters. The molecule has 108 valence electrons. The molecule has 0 radical (unpaired) electrons. The number of likely N-dealkylation sites (N-methyl/N-ethyl adjacent to an activating group) is 1. The van der Waals surface area contributed by atoms with E-state index in [1.54, 1.807) is 6.07 Å². The molecule has 19 heavy (non-hydrogen) atoms. The van der Waals surface area contributed by atoms with Gasteiger partial charge in [0.1, 0.15) is 18.5 Å². The number of hydrogen-bond acceptors (Lipinski definition) is 4. The Labute approximate surface area is 116 Å². The maximum absolute atomic E-state index is 9.98. The van der Waals surface area contributed by atoms with Crippen molar-refractivity contribution in [2.24, 2.45) is 0 Å². The number of rotatable bonds is 8. The van der Waals surface area contributed by atoms with Gasteiger partial charge in [-0.15, -0.1) is 0 Å². The van der Waals surface area contributed by atoms with E-state index in [0.29, 0.717) is 24.0 Å². The Hall–Kier alpha value is -1.26. The number of benzene rings is 1. The van der Waals surface area contributed by atoms with Gasteiger partial charge >= 0.3 is 0 Å². The summed E-state index contributed by atoms with van der Waals surface area (Å²) in [5.41, 5.74) is 6.38. The molecule has 3 N–H and O–H groups in total. The van der Waals surface area contributed by atoms with E-state index in [4.69, 9.17) is 10.5 Å². The van der Waals surface area contributed by atoms with Gasteiger partial charge in [0.2, 0.25) is 0 Å². The van der Waals surface area contributed by atoms with Gasteiger partial charge in [0.05, 0.1) is 5.69 Å². The highest BCUT2D eigenvalue weighted by Gasteiger charge is 2.14. The van der Waals surface area contributed by atoms with E-state index in [0.717, 1.165) is 12.8 Å². The summed E-state index contributed by atoms with van der Waals surface area (Å²) in [6.07, 6.45) is 1.78. The van der Waals surface area contributed by atoms with Gasteiger partial charge in [-0.05, 0) is 32.5 Å². The first kappa shape index (κ1) is 15.8. The van der Waals surface area contributed by atoms with E-state index in [1.807, 2.05) is 25.2 Å². The molecule has 0 aliphatic rings. The standard InChI is InChI=1S/C15H26N2O2/c1-4-7-12(2)17(3)10-13(18)11-19-15-9-6-5-8-14(15)16/h5-6,8-9,12-13,18H,4,7,10-11,16H2,1-3H3. The molecule has 0 amide bonds. The molecule has 1 aromatic rings. The molecule has 0 saturated heterocycles. The smallest absolute Gasteiger partial charge is 0.142 e. The van der Waals surface area contributed by atoms with Gasteiger partial charge < -0.3 is 20.5 Å². The fourth-order valence-corrected chi connectivity index (χ4v) is 2.00. The van der Waals surface area contributed by atoms with Gasteiger partial charge in [-0.1, -0.05) is 25.5 Å². The molecule has 4 heteroatoms. The summed E-state index contributed by atoms with van der Waals surface area (Å²) in [5.74, 6) is 0.630. The van der Waals surface area contributed by atoms with Crippen molar-refractivity contribution in [3.8, 4) is 5.75 Å². The van der Waals surface area contributed by atoms with Crippen molar-refractivity contribution in [3.05, 3.63) is 24.3 Å². The van der Waals surface area contributed by atoms with Crippen LogP contribution in [0.2, 0.25) is 0 Å². The Bertz CT molecular complexity index is 371. The van der Waals surface area contributed by atoms with Crippen LogP contribution in [0.3, 0.4) is 0 Å². The highest BCUT2D eigenvalue weighted by atomic mass is 16.5. The first-order valence-electron chi connectivity index (χ1n) is 6.90. The minimum absolute atomic E-state index is 0.261. The van der Waals surface area contributed by atoms with Crippen molar-refractivity contribution in [1.29, 1.82) is 0 Å². The number of nitrogens with two attached hydrogens (primary N) is 1. The van der Waals surface area contributed by atoms with Gasteiger partial charge in [-0.3, -0.25) is 0 Å². The second kappa shape index (κ2) is 8.02. The van der Waals surface area contributed by atoms with Crippen LogP contribution < -0.4 is 10.5 Å². The molecule has 4 nitrogen and oxygen atoms in total. The number of nitrogens with zero attached hydrogens (tertiary/aromatic N) is 1. The molecule has 2 unspecified atom stereocenters. The average Bonchev–Trinajstić information content (AvgIpc) is 2.38. The Balaban J connectivity index is 2.35. The predicted octanol–water partition coefficient (Wildman–Crippen LogP) is 2.13. The molecule has 1 aromatic carbocycles. The number of anilines is 1. The highest BCUT2D eigenvalue weighted by molar-refractivity contribution is 5.51. The minimum Gasteiger partial charge on any atom is -0.489 e. The van der Waals surface area contributed by atoms with Crippen LogP contribution in [-0.4, -0.2) is 42.4 Å². The summed E-state index contributed by atoms with van der Waals surface area (Å²) < 4.78 is 5.54. The van der Waals surface area contributed by atoms with Crippen molar-refractivity contribution < 1.29 is 9.84 Å². The van der Waals surface area contributed by atoms with E-state index in [9.17, 15) is 5.11 Å². The molecular weight excluding hydrogens is 240 g/mol. The van der Waals surface area contributed by atoms with Crippen molar-refractivity contribution in [3.63, 3.8) is 0 Å². The Morgan fingerprint density at radius 3 is 2.68 bits per heavy atom. The average molecular weight is 266 g/mol. The van der Waals surface area contributed by atoms with E-state index in [-0.39, 0.29) is 6.61 Å². The third kappa shape index (κ3) is 5.49. The van der Waals surface area contributed by atoms with Crippen molar-refractivity contribution >= 4 is 5.69 Å².